The Morgan fingerprint density at radius 2 is 1.86 bits per heavy atom. The zero-order valence-corrected chi connectivity index (χ0v) is 22.6. The fraction of sp³-hybridized carbons (Fsp3) is 0.333. The Labute approximate surface area is 227 Å². The molecule has 2 aromatic carbocycles. The highest BCUT2D eigenvalue weighted by atomic mass is 79.9. The number of hydrogen-bond donors (Lipinski definition) is 1. The zero-order valence-electron chi connectivity index (χ0n) is 20.2. The number of nitrogens with zero attached hydrogens (tertiary/aromatic N) is 2. The van der Waals surface area contributed by atoms with Gasteiger partial charge >= 0.3 is 0 Å². The van der Waals surface area contributed by atoms with Crippen LogP contribution in [0.4, 0.5) is 5.69 Å². The van der Waals surface area contributed by atoms with E-state index < -0.39 is 0 Å². The summed E-state index contributed by atoms with van der Waals surface area (Å²) in [5, 5.41) is 8.19. The van der Waals surface area contributed by atoms with Gasteiger partial charge in [-0.05, 0) is 65.7 Å². The number of rotatable bonds is 8. The second kappa shape index (κ2) is 10.3. The van der Waals surface area contributed by atoms with Crippen LogP contribution in [-0.4, -0.2) is 42.2 Å². The zero-order chi connectivity index (χ0) is 26.3. The van der Waals surface area contributed by atoms with E-state index in [2.05, 4.69) is 26.3 Å². The molecule has 3 aliphatic rings. The average molecular weight is 587 g/mol. The van der Waals surface area contributed by atoms with Gasteiger partial charge in [-0.2, -0.15) is 10.1 Å². The maximum absolute atomic E-state index is 12.9. The molecule has 2 bridgehead atoms. The second-order valence-electron chi connectivity index (χ2n) is 9.24. The van der Waals surface area contributed by atoms with E-state index in [4.69, 9.17) is 21.1 Å². The summed E-state index contributed by atoms with van der Waals surface area (Å²) < 4.78 is 11.9. The number of para-hydroxylation sites is 1. The first-order chi connectivity index (χ1) is 17.8. The molecule has 10 heteroatoms. The van der Waals surface area contributed by atoms with E-state index in [0.29, 0.717) is 28.1 Å². The van der Waals surface area contributed by atoms with Gasteiger partial charge in [0.2, 0.25) is 0 Å². The normalized spacial score (nSPS) is 23.7. The summed E-state index contributed by atoms with van der Waals surface area (Å²) in [6, 6.07) is 9.06. The van der Waals surface area contributed by atoms with Crippen molar-refractivity contribution < 1.29 is 23.9 Å². The summed E-state index contributed by atoms with van der Waals surface area (Å²) >= 11 is 10.0. The molecule has 2 aliphatic carbocycles. The van der Waals surface area contributed by atoms with Crippen molar-refractivity contribution in [2.45, 2.75) is 20.3 Å². The molecule has 0 radical (unpaired) electrons. The van der Waals surface area contributed by atoms with Gasteiger partial charge in [-0.1, -0.05) is 42.0 Å². The van der Waals surface area contributed by atoms with Crippen molar-refractivity contribution in [3.8, 4) is 11.5 Å². The molecule has 0 unspecified atom stereocenters. The van der Waals surface area contributed by atoms with Crippen molar-refractivity contribution in [1.82, 2.24) is 5.01 Å². The molecule has 192 valence electrons. The Bertz CT molecular complexity index is 1310. The minimum Gasteiger partial charge on any atom is -0.490 e. The predicted octanol–water partition coefficient (Wildman–Crippen LogP) is 4.97. The number of carbonyl (C=O) groups is 3. The first kappa shape index (κ1) is 25.5. The van der Waals surface area contributed by atoms with Crippen LogP contribution in [0.3, 0.4) is 0 Å². The number of allylic oxidation sites excluding steroid dienone is 2. The van der Waals surface area contributed by atoms with Crippen molar-refractivity contribution in [2.75, 3.05) is 18.5 Å². The van der Waals surface area contributed by atoms with Gasteiger partial charge in [-0.25, -0.2) is 0 Å². The van der Waals surface area contributed by atoms with Crippen LogP contribution in [0, 0.1) is 30.6 Å². The lowest BCUT2D eigenvalue weighted by Crippen LogP contribution is -2.28. The highest BCUT2D eigenvalue weighted by Crippen LogP contribution is 2.52. The molecule has 5 rings (SSSR count). The molecular formula is C27H25BrClN3O5. The molecule has 8 nitrogen and oxygen atoms in total. The molecule has 1 aliphatic heterocycles. The van der Waals surface area contributed by atoms with Crippen LogP contribution >= 0.6 is 27.5 Å². The second-order valence-corrected chi connectivity index (χ2v) is 10.4. The molecule has 3 amide bonds. The highest BCUT2D eigenvalue weighted by molar-refractivity contribution is 9.10. The van der Waals surface area contributed by atoms with Crippen LogP contribution in [0.5, 0.6) is 11.5 Å². The molecule has 37 heavy (non-hydrogen) atoms. The number of ether oxygens (including phenoxy) is 2. The van der Waals surface area contributed by atoms with E-state index in [0.717, 1.165) is 17.0 Å². The molecule has 2 fully saturated rings. The standard InChI is InChI=1S/C27H25BrClN3O5/c1-3-36-19-11-17(12-30-32-26(34)21-15-8-9-16(10-15)22(21)27(32)35)23(28)24(29)25(19)37-13-20(33)31-18-7-5-4-6-14(18)2/h4-9,11-12,15-16,21-22H,3,10,13H2,1-2H3,(H,31,33)/t15-,16-,21-,22+/m0/s1. The Balaban J connectivity index is 1.33. The van der Waals surface area contributed by atoms with Crippen molar-refractivity contribution in [1.29, 1.82) is 0 Å². The van der Waals surface area contributed by atoms with E-state index in [9.17, 15) is 14.4 Å². The number of hydrogen-bond acceptors (Lipinski definition) is 6. The van der Waals surface area contributed by atoms with Crippen molar-refractivity contribution >= 4 is 57.2 Å². The number of aryl methyl sites for hydroxylation is 1. The number of benzene rings is 2. The van der Waals surface area contributed by atoms with Gasteiger partial charge in [0.05, 0.1) is 24.7 Å². The number of carbonyl (C=O) groups excluding carboxylic acids is 3. The Hall–Kier alpha value is -3.17. The first-order valence-electron chi connectivity index (χ1n) is 12.0. The number of amides is 3. The van der Waals surface area contributed by atoms with Gasteiger partial charge in [0, 0.05) is 15.7 Å². The quantitative estimate of drug-likeness (QED) is 0.268. The number of hydrazone groups is 1. The van der Waals surface area contributed by atoms with Gasteiger partial charge < -0.3 is 14.8 Å². The Kier molecular flexibility index (Phi) is 7.09. The number of fused-ring (bicyclic) bond motifs is 5. The third kappa shape index (κ3) is 4.66. The van der Waals surface area contributed by atoms with E-state index in [1.54, 1.807) is 19.1 Å². The van der Waals surface area contributed by atoms with Crippen LogP contribution in [0.1, 0.15) is 24.5 Å². The van der Waals surface area contributed by atoms with E-state index in [-0.39, 0.29) is 58.8 Å². The molecule has 1 saturated heterocycles. The van der Waals surface area contributed by atoms with E-state index in [1.807, 2.05) is 37.3 Å². The molecule has 1 N–H and O–H groups in total. The van der Waals surface area contributed by atoms with Crippen LogP contribution in [-0.2, 0) is 14.4 Å². The number of imide groups is 1. The summed E-state index contributed by atoms with van der Waals surface area (Å²) in [4.78, 5) is 38.3. The monoisotopic (exact) mass is 585 g/mol. The lowest BCUT2D eigenvalue weighted by Gasteiger charge is -2.16. The van der Waals surface area contributed by atoms with Crippen molar-refractivity contribution in [3.63, 3.8) is 0 Å². The van der Waals surface area contributed by atoms with E-state index >= 15 is 0 Å². The topological polar surface area (TPSA) is 97.3 Å². The Morgan fingerprint density at radius 1 is 1.19 bits per heavy atom. The van der Waals surface area contributed by atoms with Crippen molar-refractivity contribution in [3.05, 3.63) is 63.1 Å². The predicted molar refractivity (Wildman–Crippen MR) is 143 cm³/mol. The van der Waals surface area contributed by atoms with Gasteiger partial charge in [-0.3, -0.25) is 14.4 Å². The SMILES string of the molecule is CCOc1cc(C=NN2C(=O)[C@@H]3[C@H](C2=O)[C@H]2C=C[C@H]3C2)c(Br)c(Cl)c1OCC(=O)Nc1ccccc1C. The van der Waals surface area contributed by atoms with Crippen LogP contribution in [0.2, 0.25) is 5.02 Å². The molecule has 2 aromatic rings. The minimum absolute atomic E-state index is 0.108. The maximum Gasteiger partial charge on any atom is 0.262 e. The summed E-state index contributed by atoms with van der Waals surface area (Å²) in [5.41, 5.74) is 2.11. The fourth-order valence-corrected chi connectivity index (χ4v) is 5.91. The number of halogens is 2. The molecular weight excluding hydrogens is 562 g/mol. The molecule has 1 heterocycles. The van der Waals surface area contributed by atoms with Crippen molar-refractivity contribution in [2.24, 2.45) is 28.8 Å². The summed E-state index contributed by atoms with van der Waals surface area (Å²) in [5.74, 6) is -0.829. The summed E-state index contributed by atoms with van der Waals surface area (Å²) in [6.07, 6.45) is 6.33. The third-order valence-corrected chi connectivity index (χ3v) is 8.43. The summed E-state index contributed by atoms with van der Waals surface area (Å²) in [6.45, 7) is 3.74. The lowest BCUT2D eigenvalue weighted by atomic mass is 9.85. The molecule has 1 saturated carbocycles. The van der Waals surface area contributed by atoms with Gasteiger partial charge in [0.25, 0.3) is 17.7 Å². The first-order valence-corrected chi connectivity index (χ1v) is 13.2. The minimum atomic E-state index is -0.352. The van der Waals surface area contributed by atoms with Crippen LogP contribution < -0.4 is 14.8 Å². The van der Waals surface area contributed by atoms with Crippen LogP contribution in [0.15, 0.2) is 52.1 Å². The average Bonchev–Trinajstić information content (AvgIpc) is 3.56. The fourth-order valence-electron chi connectivity index (χ4n) is 5.25. The van der Waals surface area contributed by atoms with Crippen LogP contribution in [0.25, 0.3) is 0 Å². The maximum atomic E-state index is 12.9. The smallest absolute Gasteiger partial charge is 0.262 e. The lowest BCUT2D eigenvalue weighted by molar-refractivity contribution is -0.140. The third-order valence-electron chi connectivity index (χ3n) is 6.98. The van der Waals surface area contributed by atoms with Gasteiger partial charge in [-0.15, -0.1) is 0 Å². The Morgan fingerprint density at radius 3 is 2.51 bits per heavy atom. The number of nitrogens with one attached hydrogen (secondary N) is 1. The number of anilines is 1. The molecule has 4 atom stereocenters. The van der Waals surface area contributed by atoms with E-state index in [1.165, 1.54) is 6.21 Å². The largest absolute Gasteiger partial charge is 0.490 e. The molecule has 0 spiro atoms. The van der Waals surface area contributed by atoms with Gasteiger partial charge in [0.1, 0.15) is 5.02 Å². The highest BCUT2D eigenvalue weighted by Gasteiger charge is 2.59. The summed E-state index contributed by atoms with van der Waals surface area (Å²) in [7, 11) is 0. The molecule has 0 aromatic heterocycles. The van der Waals surface area contributed by atoms with Gasteiger partial charge in [0.15, 0.2) is 18.1 Å².